The fourth-order valence-corrected chi connectivity index (χ4v) is 4.73. The van der Waals surface area contributed by atoms with Crippen LogP contribution < -0.4 is 19.2 Å². The molecule has 1 N–H and O–H groups in total. The average Bonchev–Trinajstić information content (AvgIpc) is 2.91. The lowest BCUT2D eigenvalue weighted by molar-refractivity contribution is -0.119. The summed E-state index contributed by atoms with van der Waals surface area (Å²) in [6.45, 7) is 1.27. The molecule has 37 heavy (non-hydrogen) atoms. The van der Waals surface area contributed by atoms with Crippen molar-refractivity contribution in [1.29, 1.82) is 0 Å². The van der Waals surface area contributed by atoms with Crippen molar-refractivity contribution in [3.05, 3.63) is 83.4 Å². The van der Waals surface area contributed by atoms with Gasteiger partial charge in [-0.3, -0.25) is 9.10 Å². The molecule has 0 atom stereocenters. The molecule has 0 aromatic heterocycles. The Morgan fingerprint density at radius 2 is 1.62 bits per heavy atom. The van der Waals surface area contributed by atoms with Gasteiger partial charge in [0, 0.05) is 6.07 Å². The Morgan fingerprint density at radius 1 is 0.946 bits per heavy atom. The largest absolute Gasteiger partial charge is 0.497 e. The number of ether oxygens (including phenoxy) is 3. The Labute approximate surface area is 215 Å². The van der Waals surface area contributed by atoms with Gasteiger partial charge in [-0.15, -0.1) is 0 Å². The van der Waals surface area contributed by atoms with Gasteiger partial charge < -0.3 is 14.2 Å². The Bertz CT molecular complexity index is 1390. The molecule has 0 aliphatic carbocycles. The van der Waals surface area contributed by atoms with E-state index in [2.05, 4.69) is 15.3 Å². The number of benzene rings is 3. The highest BCUT2D eigenvalue weighted by molar-refractivity contribution is 7.92. The van der Waals surface area contributed by atoms with Gasteiger partial charge in [0.15, 0.2) is 0 Å². The number of esters is 1. The predicted octanol–water partition coefficient (Wildman–Crippen LogP) is 3.14. The molecule has 3 aromatic rings. The molecule has 1 amide bonds. The van der Waals surface area contributed by atoms with Crippen molar-refractivity contribution in [3.8, 4) is 11.5 Å². The fourth-order valence-electron chi connectivity index (χ4n) is 3.30. The number of carbonyl (C=O) groups excluding carboxylic acids is 2. The van der Waals surface area contributed by atoms with E-state index in [-0.39, 0.29) is 16.3 Å². The van der Waals surface area contributed by atoms with E-state index in [1.807, 2.05) is 6.92 Å². The van der Waals surface area contributed by atoms with Crippen molar-refractivity contribution < 1.29 is 32.2 Å². The summed E-state index contributed by atoms with van der Waals surface area (Å²) < 4.78 is 43.4. The molecule has 0 fully saturated rings. The van der Waals surface area contributed by atoms with Crippen LogP contribution in [0.25, 0.3) is 0 Å². The number of nitrogens with one attached hydrogen (secondary N) is 1. The molecule has 0 unspecified atom stereocenters. The zero-order valence-electron chi connectivity index (χ0n) is 20.8. The number of rotatable bonds is 10. The van der Waals surface area contributed by atoms with E-state index in [4.69, 9.17) is 9.47 Å². The number of carbonyl (C=O) groups is 2. The lowest BCUT2D eigenvalue weighted by Crippen LogP contribution is -2.39. The molecule has 0 aliphatic rings. The van der Waals surface area contributed by atoms with Gasteiger partial charge in [0.25, 0.3) is 15.9 Å². The third-order valence-corrected chi connectivity index (χ3v) is 7.06. The summed E-state index contributed by atoms with van der Waals surface area (Å²) in [7, 11) is 0.00354. The SMILES string of the molecule is COC(=O)c1ccc(/C=N\NC(=O)CN(c2ccc(OC)cc2OC)S(=O)(=O)c2ccc(C)cc2)cc1. The summed E-state index contributed by atoms with van der Waals surface area (Å²) in [6.07, 6.45) is 1.37. The third kappa shape index (κ3) is 6.64. The number of hydrogen-bond donors (Lipinski definition) is 1. The molecule has 3 aromatic carbocycles. The first-order valence-electron chi connectivity index (χ1n) is 11.0. The minimum atomic E-state index is -4.15. The maximum absolute atomic E-state index is 13.6. The highest BCUT2D eigenvalue weighted by Gasteiger charge is 2.29. The predicted molar refractivity (Wildman–Crippen MR) is 139 cm³/mol. The van der Waals surface area contributed by atoms with Crippen molar-refractivity contribution in [2.75, 3.05) is 32.2 Å². The van der Waals surface area contributed by atoms with Crippen LogP contribution in [0.2, 0.25) is 0 Å². The Kier molecular flexibility index (Phi) is 8.86. The van der Waals surface area contributed by atoms with Crippen LogP contribution in [0.4, 0.5) is 5.69 Å². The van der Waals surface area contributed by atoms with Crippen molar-refractivity contribution >= 4 is 33.8 Å². The van der Waals surface area contributed by atoms with E-state index in [0.717, 1.165) is 9.87 Å². The molecule has 3 rings (SSSR count). The first-order valence-corrected chi connectivity index (χ1v) is 12.5. The zero-order valence-corrected chi connectivity index (χ0v) is 21.6. The van der Waals surface area contributed by atoms with Crippen LogP contribution in [-0.2, 0) is 19.6 Å². The number of hydrogen-bond acceptors (Lipinski definition) is 8. The molecule has 11 heteroatoms. The van der Waals surface area contributed by atoms with Gasteiger partial charge in [0.2, 0.25) is 0 Å². The molecule has 10 nitrogen and oxygen atoms in total. The van der Waals surface area contributed by atoms with Gasteiger partial charge in [-0.25, -0.2) is 18.6 Å². The van der Waals surface area contributed by atoms with Crippen LogP contribution in [0.5, 0.6) is 11.5 Å². The van der Waals surface area contributed by atoms with E-state index in [9.17, 15) is 18.0 Å². The second-order valence-electron chi connectivity index (χ2n) is 7.77. The maximum atomic E-state index is 13.6. The summed E-state index contributed by atoms with van der Waals surface area (Å²) in [5, 5.41) is 3.91. The van der Waals surface area contributed by atoms with Gasteiger partial charge in [-0.05, 0) is 48.9 Å². The first-order chi connectivity index (χ1) is 17.7. The summed E-state index contributed by atoms with van der Waals surface area (Å²) in [5.41, 5.74) is 4.36. The van der Waals surface area contributed by atoms with Crippen LogP contribution >= 0.6 is 0 Å². The van der Waals surface area contributed by atoms with Gasteiger partial charge in [-0.2, -0.15) is 5.10 Å². The van der Waals surface area contributed by atoms with E-state index in [1.165, 1.54) is 51.8 Å². The Morgan fingerprint density at radius 3 is 2.22 bits per heavy atom. The molecule has 0 radical (unpaired) electrons. The van der Waals surface area contributed by atoms with E-state index in [0.29, 0.717) is 16.9 Å². The molecule has 0 saturated heterocycles. The van der Waals surface area contributed by atoms with Crippen LogP contribution in [0.1, 0.15) is 21.5 Å². The van der Waals surface area contributed by atoms with Crippen LogP contribution in [0, 0.1) is 6.92 Å². The number of methoxy groups -OCH3 is 3. The molecule has 194 valence electrons. The molecule has 0 heterocycles. The molecule has 0 spiro atoms. The number of sulfonamides is 1. The van der Waals surface area contributed by atoms with Crippen molar-refractivity contribution in [2.45, 2.75) is 11.8 Å². The standard InChI is InChI=1S/C26H27N3O7S/c1-18-5-12-22(13-6-18)37(32,33)29(23-14-11-21(34-2)15-24(23)35-3)17-25(30)28-27-16-19-7-9-20(10-8-19)26(31)36-4/h5-16H,17H2,1-4H3,(H,28,30)/b27-16-. The molecule has 0 bridgehead atoms. The van der Waals surface area contributed by atoms with E-state index >= 15 is 0 Å². The highest BCUT2D eigenvalue weighted by Crippen LogP contribution is 2.35. The maximum Gasteiger partial charge on any atom is 0.337 e. The highest BCUT2D eigenvalue weighted by atomic mass is 32.2. The number of hydrazone groups is 1. The Balaban J connectivity index is 1.87. The van der Waals surface area contributed by atoms with Gasteiger partial charge in [0.05, 0.1) is 43.7 Å². The normalized spacial score (nSPS) is 11.1. The van der Waals surface area contributed by atoms with Gasteiger partial charge in [0.1, 0.15) is 18.0 Å². The molecular formula is C26H27N3O7S. The van der Waals surface area contributed by atoms with Gasteiger partial charge in [-0.1, -0.05) is 29.8 Å². The topological polar surface area (TPSA) is 124 Å². The van der Waals surface area contributed by atoms with Crippen molar-refractivity contribution in [1.82, 2.24) is 5.43 Å². The minimum absolute atomic E-state index is 0.0120. The molecule has 0 saturated carbocycles. The van der Waals surface area contributed by atoms with Crippen molar-refractivity contribution in [2.24, 2.45) is 5.10 Å². The van der Waals surface area contributed by atoms with Gasteiger partial charge >= 0.3 is 5.97 Å². The summed E-state index contributed by atoms with van der Waals surface area (Å²) in [5.74, 6) is -0.491. The third-order valence-electron chi connectivity index (χ3n) is 5.29. The average molecular weight is 526 g/mol. The van der Waals surface area contributed by atoms with E-state index in [1.54, 1.807) is 42.5 Å². The fraction of sp³-hybridized carbons (Fsp3) is 0.192. The zero-order chi connectivity index (χ0) is 27.0. The summed E-state index contributed by atoms with van der Waals surface area (Å²) in [6, 6.07) is 17.3. The minimum Gasteiger partial charge on any atom is -0.497 e. The second kappa shape index (κ2) is 12.0. The van der Waals surface area contributed by atoms with Crippen molar-refractivity contribution in [3.63, 3.8) is 0 Å². The molecular weight excluding hydrogens is 498 g/mol. The summed E-state index contributed by atoms with van der Waals surface area (Å²) in [4.78, 5) is 24.4. The lowest BCUT2D eigenvalue weighted by Gasteiger charge is -2.25. The number of aryl methyl sites for hydroxylation is 1. The quantitative estimate of drug-likeness (QED) is 0.245. The Hall–Kier alpha value is -4.38. The summed E-state index contributed by atoms with van der Waals surface area (Å²) >= 11 is 0. The number of nitrogens with zero attached hydrogens (tertiary/aromatic N) is 2. The number of anilines is 1. The van der Waals surface area contributed by atoms with E-state index < -0.39 is 28.4 Å². The number of amides is 1. The first kappa shape index (κ1) is 27.2. The van der Waals surface area contributed by atoms with Crippen LogP contribution in [0.3, 0.4) is 0 Å². The van der Waals surface area contributed by atoms with Crippen LogP contribution in [0.15, 0.2) is 76.7 Å². The second-order valence-corrected chi connectivity index (χ2v) is 9.63. The lowest BCUT2D eigenvalue weighted by atomic mass is 10.1. The smallest absolute Gasteiger partial charge is 0.337 e. The monoisotopic (exact) mass is 525 g/mol. The molecule has 0 aliphatic heterocycles. The van der Waals surface area contributed by atoms with Crippen LogP contribution in [-0.4, -0.2) is 54.4 Å².